The minimum Gasteiger partial charge on any atom is -0.481 e. The number of carboxylic acid groups (broad SMARTS) is 1. The highest BCUT2D eigenvalue weighted by Crippen LogP contribution is 2.26. The predicted molar refractivity (Wildman–Crippen MR) is 103 cm³/mol. The smallest absolute Gasteiger partial charge is 0.341 e. The molecule has 0 radical (unpaired) electrons. The van der Waals surface area contributed by atoms with E-state index in [4.69, 9.17) is 22.1 Å². The fraction of sp³-hybridized carbons (Fsp3) is 0.0588. The third-order valence-electron chi connectivity index (χ3n) is 3.35. The number of halogens is 1. The Morgan fingerprint density at radius 1 is 1.31 bits per heavy atom. The maximum Gasteiger partial charge on any atom is 0.341 e. The Morgan fingerprint density at radius 2 is 2.04 bits per heavy atom. The second-order valence-electron chi connectivity index (χ2n) is 5.11. The summed E-state index contributed by atoms with van der Waals surface area (Å²) in [5.41, 5.74) is 1.45. The SMILES string of the molecule is O=C(O)COc1ccccc1C=Nn1c(-c2ccccc2Br)n[nH]c1=S. The number of carbonyl (C=O) groups is 1. The van der Waals surface area contributed by atoms with E-state index < -0.39 is 12.6 Å². The summed E-state index contributed by atoms with van der Waals surface area (Å²) in [5, 5.41) is 20.1. The van der Waals surface area contributed by atoms with Gasteiger partial charge in [0, 0.05) is 15.6 Å². The molecule has 0 saturated carbocycles. The molecular formula is C17H13BrN4O3S. The van der Waals surface area contributed by atoms with Crippen molar-refractivity contribution in [3.8, 4) is 17.1 Å². The van der Waals surface area contributed by atoms with E-state index in [9.17, 15) is 4.79 Å². The Balaban J connectivity index is 1.96. The number of ether oxygens (including phenoxy) is 1. The average Bonchev–Trinajstić information content (AvgIpc) is 2.99. The van der Waals surface area contributed by atoms with Crippen LogP contribution >= 0.6 is 28.1 Å². The van der Waals surface area contributed by atoms with Gasteiger partial charge < -0.3 is 9.84 Å². The normalized spacial score (nSPS) is 11.0. The van der Waals surface area contributed by atoms with E-state index in [1.54, 1.807) is 30.5 Å². The third-order valence-corrected chi connectivity index (χ3v) is 4.30. The molecule has 0 spiro atoms. The van der Waals surface area contributed by atoms with Crippen LogP contribution in [0.5, 0.6) is 5.75 Å². The van der Waals surface area contributed by atoms with Crippen LogP contribution in [0, 0.1) is 4.77 Å². The molecule has 9 heteroatoms. The van der Waals surface area contributed by atoms with Crippen LogP contribution in [0.2, 0.25) is 0 Å². The molecule has 7 nitrogen and oxygen atoms in total. The standard InChI is InChI=1S/C17H13BrN4O3S/c18-13-7-3-2-6-12(13)16-20-21-17(26)22(16)19-9-11-5-1-4-8-14(11)25-10-15(23)24/h1-9H,10H2,(H,21,26)(H,23,24). The first-order valence-electron chi connectivity index (χ1n) is 7.46. The van der Waals surface area contributed by atoms with Crippen molar-refractivity contribution in [3.63, 3.8) is 0 Å². The molecule has 0 unspecified atom stereocenters. The van der Waals surface area contributed by atoms with Crippen molar-refractivity contribution in [2.75, 3.05) is 6.61 Å². The first-order chi connectivity index (χ1) is 12.6. The van der Waals surface area contributed by atoms with Crippen LogP contribution in [0.4, 0.5) is 0 Å². The molecule has 3 rings (SSSR count). The van der Waals surface area contributed by atoms with Gasteiger partial charge in [0.25, 0.3) is 0 Å². The average molecular weight is 433 g/mol. The maximum atomic E-state index is 10.7. The summed E-state index contributed by atoms with van der Waals surface area (Å²) in [7, 11) is 0. The fourth-order valence-corrected chi connectivity index (χ4v) is 2.84. The van der Waals surface area contributed by atoms with Crippen molar-refractivity contribution in [3.05, 3.63) is 63.3 Å². The minimum atomic E-state index is -1.05. The molecule has 0 aliphatic carbocycles. The number of hydrogen-bond acceptors (Lipinski definition) is 5. The molecule has 0 atom stereocenters. The van der Waals surface area contributed by atoms with E-state index in [1.165, 1.54) is 4.68 Å². The molecule has 132 valence electrons. The number of rotatable bonds is 6. The van der Waals surface area contributed by atoms with Crippen LogP contribution in [-0.4, -0.2) is 38.8 Å². The molecule has 0 bridgehead atoms. The molecule has 0 fully saturated rings. The van der Waals surface area contributed by atoms with Crippen LogP contribution in [0.25, 0.3) is 11.4 Å². The van der Waals surface area contributed by atoms with Gasteiger partial charge in [-0.15, -0.1) is 0 Å². The number of para-hydroxylation sites is 1. The zero-order valence-electron chi connectivity index (χ0n) is 13.3. The quantitative estimate of drug-likeness (QED) is 0.457. The second kappa shape index (κ2) is 8.07. The van der Waals surface area contributed by atoms with Crippen molar-refractivity contribution >= 4 is 40.3 Å². The molecule has 0 aliphatic heterocycles. The van der Waals surface area contributed by atoms with Gasteiger partial charge in [0.05, 0.1) is 6.21 Å². The summed E-state index contributed by atoms with van der Waals surface area (Å²) in [6, 6.07) is 14.6. The van der Waals surface area contributed by atoms with E-state index >= 15 is 0 Å². The molecule has 0 aliphatic rings. The van der Waals surface area contributed by atoms with Crippen molar-refractivity contribution in [2.45, 2.75) is 0 Å². The number of aromatic amines is 1. The topological polar surface area (TPSA) is 92.5 Å². The van der Waals surface area contributed by atoms with Crippen LogP contribution < -0.4 is 4.74 Å². The summed E-state index contributed by atoms with van der Waals surface area (Å²) in [6.07, 6.45) is 1.54. The Labute approximate surface area is 162 Å². The summed E-state index contributed by atoms with van der Waals surface area (Å²) < 4.78 is 7.95. The molecule has 3 aromatic rings. The number of nitrogens with zero attached hydrogens (tertiary/aromatic N) is 3. The van der Waals surface area contributed by atoms with Gasteiger partial charge in [-0.05, 0) is 36.5 Å². The first kappa shape index (κ1) is 18.0. The Kier molecular flexibility index (Phi) is 5.59. The van der Waals surface area contributed by atoms with E-state index in [-0.39, 0.29) is 0 Å². The monoisotopic (exact) mass is 432 g/mol. The number of aliphatic carboxylic acids is 1. The number of aromatic nitrogens is 3. The molecule has 2 N–H and O–H groups in total. The lowest BCUT2D eigenvalue weighted by Gasteiger charge is -2.07. The zero-order chi connectivity index (χ0) is 18.5. The molecule has 1 heterocycles. The zero-order valence-corrected chi connectivity index (χ0v) is 15.7. The number of benzene rings is 2. The Hall–Kier alpha value is -2.78. The van der Waals surface area contributed by atoms with E-state index in [0.29, 0.717) is 21.9 Å². The van der Waals surface area contributed by atoms with Crippen LogP contribution in [0.1, 0.15) is 5.56 Å². The van der Waals surface area contributed by atoms with Crippen molar-refractivity contribution < 1.29 is 14.6 Å². The van der Waals surface area contributed by atoms with Crippen molar-refractivity contribution in [1.82, 2.24) is 14.9 Å². The second-order valence-corrected chi connectivity index (χ2v) is 6.35. The summed E-state index contributed by atoms with van der Waals surface area (Å²) in [4.78, 5) is 10.7. The highest BCUT2D eigenvalue weighted by atomic mass is 79.9. The summed E-state index contributed by atoms with van der Waals surface area (Å²) in [6.45, 7) is -0.432. The Bertz CT molecular complexity index is 1030. The van der Waals surface area contributed by atoms with Gasteiger partial charge >= 0.3 is 5.97 Å². The van der Waals surface area contributed by atoms with Crippen LogP contribution in [-0.2, 0) is 4.79 Å². The van der Waals surface area contributed by atoms with E-state index in [2.05, 4.69) is 31.2 Å². The van der Waals surface area contributed by atoms with Gasteiger partial charge in [-0.1, -0.05) is 40.2 Å². The number of H-pyrrole nitrogens is 1. The van der Waals surface area contributed by atoms with Gasteiger partial charge in [0.15, 0.2) is 12.4 Å². The Morgan fingerprint density at radius 3 is 2.81 bits per heavy atom. The maximum absolute atomic E-state index is 10.7. The van der Waals surface area contributed by atoms with Gasteiger partial charge in [-0.2, -0.15) is 14.9 Å². The van der Waals surface area contributed by atoms with E-state index in [0.717, 1.165) is 10.0 Å². The van der Waals surface area contributed by atoms with Crippen molar-refractivity contribution in [1.29, 1.82) is 0 Å². The predicted octanol–water partition coefficient (Wildman–Crippen LogP) is 3.72. The molecular weight excluding hydrogens is 420 g/mol. The number of hydrogen-bond donors (Lipinski definition) is 2. The number of carboxylic acids is 1. The summed E-state index contributed by atoms with van der Waals surface area (Å²) in [5.74, 6) is -0.0937. The number of nitrogens with one attached hydrogen (secondary N) is 1. The van der Waals surface area contributed by atoms with Crippen LogP contribution in [0.3, 0.4) is 0 Å². The van der Waals surface area contributed by atoms with Gasteiger partial charge in [-0.25, -0.2) is 9.89 Å². The van der Waals surface area contributed by atoms with Crippen LogP contribution in [0.15, 0.2) is 58.1 Å². The molecule has 1 aromatic heterocycles. The van der Waals surface area contributed by atoms with Gasteiger partial charge in [0.1, 0.15) is 5.75 Å². The lowest BCUT2D eigenvalue weighted by molar-refractivity contribution is -0.139. The largest absolute Gasteiger partial charge is 0.481 e. The van der Waals surface area contributed by atoms with Crippen molar-refractivity contribution in [2.24, 2.45) is 5.10 Å². The molecule has 26 heavy (non-hydrogen) atoms. The van der Waals surface area contributed by atoms with Gasteiger partial charge in [-0.3, -0.25) is 0 Å². The van der Waals surface area contributed by atoms with Gasteiger partial charge in [0.2, 0.25) is 4.77 Å². The third kappa shape index (κ3) is 4.06. The molecule has 0 amide bonds. The molecule has 2 aromatic carbocycles. The lowest BCUT2D eigenvalue weighted by atomic mass is 10.2. The highest BCUT2D eigenvalue weighted by molar-refractivity contribution is 9.10. The minimum absolute atomic E-state index is 0.330. The first-order valence-corrected chi connectivity index (χ1v) is 8.66. The van der Waals surface area contributed by atoms with E-state index in [1.807, 2.05) is 24.3 Å². The highest BCUT2D eigenvalue weighted by Gasteiger charge is 2.11. The summed E-state index contributed by atoms with van der Waals surface area (Å²) >= 11 is 8.75. The fourth-order valence-electron chi connectivity index (χ4n) is 2.19. The lowest BCUT2D eigenvalue weighted by Crippen LogP contribution is -2.10. The molecule has 0 saturated heterocycles.